The van der Waals surface area contributed by atoms with Crippen molar-refractivity contribution in [3.8, 4) is 0 Å². The van der Waals surface area contributed by atoms with E-state index in [4.69, 9.17) is 33.2 Å². The van der Waals surface area contributed by atoms with Crippen LogP contribution in [0.15, 0.2) is 157 Å². The Morgan fingerprint density at radius 2 is 1.06 bits per heavy atom. The summed E-state index contributed by atoms with van der Waals surface area (Å²) in [5.74, 6) is 0. The van der Waals surface area contributed by atoms with Crippen molar-refractivity contribution in [3.05, 3.63) is 190 Å². The number of amides is 3. The molecule has 362 valence electrons. The molecule has 1 unspecified atom stereocenters. The third-order valence-electron chi connectivity index (χ3n) is 11.7. The molecule has 0 bridgehead atoms. The van der Waals surface area contributed by atoms with Crippen LogP contribution in [0, 0.1) is 0 Å². The molecular formula is C51H56N6O12. The standard InChI is InChI=1S/C51H56N6O12/c1-57(51(62)67-33-38-25-15-6-16-26-38)28-41-40(63-29-34-17-7-2-8-18-34)27-39(55-56-52)48(68-41)69-47-43(54-50(61)66-32-37-23-13-5-14-24-37)46(64-30-35-19-9-3-10-20-35)42(44(58)45(47)59)53-49(60)65-31-36-21-11-4-12-22-36/h2-26,39-48,58-59H,27-33H2,1H3,(H,53,60)(H,54,61)/t39-,40+,41-,42+,43+,44+,45-,46-,47-,48?/m1/s1. The van der Waals surface area contributed by atoms with E-state index in [0.717, 1.165) is 11.1 Å². The predicted molar refractivity (Wildman–Crippen MR) is 249 cm³/mol. The Kier molecular flexibility index (Phi) is 18.3. The Morgan fingerprint density at radius 1 is 0.623 bits per heavy atom. The molecule has 1 saturated heterocycles. The third kappa shape index (κ3) is 14.5. The maximum absolute atomic E-state index is 13.8. The summed E-state index contributed by atoms with van der Waals surface area (Å²) in [5.41, 5.74) is 13.6. The fraction of sp³-hybridized carbons (Fsp3) is 0.353. The molecule has 1 saturated carbocycles. The van der Waals surface area contributed by atoms with Gasteiger partial charge in [0.15, 0.2) is 6.29 Å². The van der Waals surface area contributed by atoms with Crippen LogP contribution in [0.4, 0.5) is 14.4 Å². The van der Waals surface area contributed by atoms with Crippen molar-refractivity contribution in [2.75, 3.05) is 13.6 Å². The predicted octanol–water partition coefficient (Wildman–Crippen LogP) is 6.93. The van der Waals surface area contributed by atoms with E-state index < -0.39 is 79.3 Å². The van der Waals surface area contributed by atoms with E-state index >= 15 is 0 Å². The number of likely N-dealkylation sites (N-methyl/N-ethyl adjacent to an activating group) is 1. The molecule has 4 N–H and O–H groups in total. The second-order valence-corrected chi connectivity index (χ2v) is 16.6. The van der Waals surface area contributed by atoms with E-state index in [1.165, 1.54) is 11.9 Å². The van der Waals surface area contributed by atoms with Gasteiger partial charge >= 0.3 is 18.3 Å². The molecule has 5 aromatic carbocycles. The van der Waals surface area contributed by atoms with Crippen LogP contribution in [0.2, 0.25) is 0 Å². The zero-order valence-corrected chi connectivity index (χ0v) is 37.9. The highest BCUT2D eigenvalue weighted by atomic mass is 16.7. The number of rotatable bonds is 19. The first-order valence-corrected chi connectivity index (χ1v) is 22.5. The molecule has 18 nitrogen and oxygen atoms in total. The fourth-order valence-electron chi connectivity index (χ4n) is 8.08. The lowest BCUT2D eigenvalue weighted by molar-refractivity contribution is -0.285. The summed E-state index contributed by atoms with van der Waals surface area (Å²) in [4.78, 5) is 45.1. The minimum Gasteiger partial charge on any atom is -0.445 e. The highest BCUT2D eigenvalue weighted by Crippen LogP contribution is 2.34. The number of alkyl carbamates (subject to hydrolysis) is 2. The van der Waals surface area contributed by atoms with Crippen LogP contribution in [-0.4, -0.2) is 108 Å². The van der Waals surface area contributed by atoms with Gasteiger partial charge in [-0.25, -0.2) is 14.4 Å². The lowest BCUT2D eigenvalue weighted by Crippen LogP contribution is -2.73. The number of hydrogen-bond acceptors (Lipinski definition) is 13. The van der Waals surface area contributed by atoms with Gasteiger partial charge in [0, 0.05) is 12.0 Å². The highest BCUT2D eigenvalue weighted by Gasteiger charge is 2.55. The molecule has 3 amide bonds. The second-order valence-electron chi connectivity index (χ2n) is 16.6. The fourth-order valence-corrected chi connectivity index (χ4v) is 8.08. The van der Waals surface area contributed by atoms with Gasteiger partial charge in [-0.05, 0) is 39.8 Å². The lowest BCUT2D eigenvalue weighted by atomic mass is 9.81. The monoisotopic (exact) mass is 944 g/mol. The molecule has 2 aliphatic rings. The van der Waals surface area contributed by atoms with Crippen LogP contribution >= 0.6 is 0 Å². The van der Waals surface area contributed by atoms with E-state index in [-0.39, 0.29) is 46.0 Å². The van der Waals surface area contributed by atoms with E-state index in [9.17, 15) is 30.1 Å². The number of azide groups is 1. The van der Waals surface area contributed by atoms with Gasteiger partial charge in [0.25, 0.3) is 0 Å². The number of benzene rings is 5. The van der Waals surface area contributed by atoms with Gasteiger partial charge in [-0.15, -0.1) is 0 Å². The number of carbonyl (C=O) groups is 3. The molecule has 1 aliphatic carbocycles. The van der Waals surface area contributed by atoms with Crippen molar-refractivity contribution in [1.82, 2.24) is 15.5 Å². The average molecular weight is 945 g/mol. The molecule has 0 aromatic heterocycles. The first-order chi connectivity index (χ1) is 33.6. The number of ether oxygens (including phenoxy) is 7. The van der Waals surface area contributed by atoms with E-state index in [2.05, 4.69) is 20.7 Å². The number of nitrogens with one attached hydrogen (secondary N) is 2. The van der Waals surface area contributed by atoms with Gasteiger partial charge in [0.05, 0.1) is 44.0 Å². The van der Waals surface area contributed by atoms with Gasteiger partial charge in [0.1, 0.15) is 50.3 Å². The summed E-state index contributed by atoms with van der Waals surface area (Å²) in [7, 11) is 1.54. The van der Waals surface area contributed by atoms with Crippen molar-refractivity contribution in [2.24, 2.45) is 5.11 Å². The Bertz CT molecular complexity index is 2410. The number of aliphatic hydroxyl groups excluding tert-OH is 2. The van der Waals surface area contributed by atoms with Gasteiger partial charge in [-0.2, -0.15) is 0 Å². The Hall–Kier alpha value is -7.02. The Balaban J connectivity index is 1.18. The number of nitrogens with zero attached hydrogens (tertiary/aromatic N) is 4. The third-order valence-corrected chi connectivity index (χ3v) is 11.7. The van der Waals surface area contributed by atoms with E-state index in [1.807, 2.05) is 78.9 Å². The van der Waals surface area contributed by atoms with Crippen molar-refractivity contribution < 1.29 is 57.8 Å². The molecule has 0 radical (unpaired) electrons. The highest BCUT2D eigenvalue weighted by molar-refractivity contribution is 5.69. The molecule has 1 heterocycles. The van der Waals surface area contributed by atoms with Gasteiger partial charge in [-0.3, -0.25) is 0 Å². The van der Waals surface area contributed by atoms with Gasteiger partial charge in [0.2, 0.25) is 0 Å². The molecule has 0 spiro atoms. The molecule has 2 fully saturated rings. The average Bonchev–Trinajstić information content (AvgIpc) is 3.38. The quantitative estimate of drug-likeness (QED) is 0.0286. The minimum atomic E-state index is -1.86. The first-order valence-electron chi connectivity index (χ1n) is 22.5. The molecule has 10 atom stereocenters. The second kappa shape index (κ2) is 25.4. The summed E-state index contributed by atoms with van der Waals surface area (Å²) < 4.78 is 42.8. The molecule has 18 heteroatoms. The van der Waals surface area contributed by atoms with Crippen LogP contribution in [0.3, 0.4) is 0 Å². The van der Waals surface area contributed by atoms with Crippen LogP contribution in [0.5, 0.6) is 0 Å². The van der Waals surface area contributed by atoms with Crippen LogP contribution in [0.1, 0.15) is 34.2 Å². The summed E-state index contributed by atoms with van der Waals surface area (Å²) in [6.45, 7) is -0.228. The Labute approximate surface area is 399 Å². The van der Waals surface area contributed by atoms with Crippen LogP contribution in [-0.2, 0) is 66.2 Å². The first kappa shape index (κ1) is 49.9. The summed E-state index contributed by atoms with van der Waals surface area (Å²) in [6.07, 6.45) is -12.3. The summed E-state index contributed by atoms with van der Waals surface area (Å²) in [5, 5.41) is 33.5. The maximum atomic E-state index is 13.8. The summed E-state index contributed by atoms with van der Waals surface area (Å²) >= 11 is 0. The van der Waals surface area contributed by atoms with E-state index in [0.29, 0.717) is 16.7 Å². The topological polar surface area (TPSA) is 232 Å². The van der Waals surface area contributed by atoms with Gasteiger partial charge < -0.3 is 58.9 Å². The molecule has 69 heavy (non-hydrogen) atoms. The zero-order valence-electron chi connectivity index (χ0n) is 37.9. The normalized spacial score (nSPS) is 24.2. The maximum Gasteiger partial charge on any atom is 0.409 e. The Morgan fingerprint density at radius 3 is 1.54 bits per heavy atom. The largest absolute Gasteiger partial charge is 0.445 e. The number of hydrogen-bond donors (Lipinski definition) is 4. The molecular weight excluding hydrogens is 889 g/mol. The lowest BCUT2D eigenvalue weighted by Gasteiger charge is -2.49. The number of aliphatic hydroxyl groups is 2. The zero-order chi connectivity index (χ0) is 48.4. The molecule has 7 rings (SSSR count). The molecule has 1 aliphatic heterocycles. The van der Waals surface area contributed by atoms with Crippen molar-refractivity contribution >= 4 is 18.3 Å². The van der Waals surface area contributed by atoms with Gasteiger partial charge in [-0.1, -0.05) is 157 Å². The SMILES string of the molecule is CN(C[C@H]1OC(O[C@H]2[C@H](O)[C@@H](O)[C@H](NC(=O)OCc3ccccc3)[C@@H](OCc3ccccc3)[C@@H]2NC(=O)OCc2ccccc2)[C@H](N=[N+]=[N-])C[C@@H]1OCc1ccccc1)C(=O)OCc1ccccc1. The minimum absolute atomic E-state index is 0.0202. The van der Waals surface area contributed by atoms with Crippen molar-refractivity contribution in [1.29, 1.82) is 0 Å². The van der Waals surface area contributed by atoms with Crippen molar-refractivity contribution in [3.63, 3.8) is 0 Å². The molecule has 5 aromatic rings. The summed E-state index contributed by atoms with van der Waals surface area (Å²) in [6, 6.07) is 41.6. The van der Waals surface area contributed by atoms with Crippen LogP contribution < -0.4 is 10.6 Å². The van der Waals surface area contributed by atoms with Crippen molar-refractivity contribution in [2.45, 2.75) is 100 Å². The number of carbonyl (C=O) groups excluding carboxylic acids is 3. The van der Waals surface area contributed by atoms with Crippen LogP contribution in [0.25, 0.3) is 10.4 Å². The smallest absolute Gasteiger partial charge is 0.409 e. The van der Waals surface area contributed by atoms with E-state index in [1.54, 1.807) is 72.8 Å².